The van der Waals surface area contributed by atoms with Crippen molar-refractivity contribution in [2.45, 2.75) is 26.4 Å². The number of hydrogen-bond acceptors (Lipinski definition) is 6. The summed E-state index contributed by atoms with van der Waals surface area (Å²) in [4.78, 5) is 27.8. The monoisotopic (exact) mass is 362 g/mol. The first kappa shape index (κ1) is 18.4. The number of benzene rings is 1. The molecule has 0 unspecified atom stereocenters. The third-order valence-electron chi connectivity index (χ3n) is 4.71. The van der Waals surface area contributed by atoms with Crippen molar-refractivity contribution in [3.63, 3.8) is 0 Å². The van der Waals surface area contributed by atoms with Crippen molar-refractivity contribution in [2.24, 2.45) is 5.41 Å². The molecule has 2 heterocycles. The fraction of sp³-hybridized carbons (Fsp3) is 0.579. The number of anilines is 1. The lowest BCUT2D eigenvalue weighted by Gasteiger charge is -2.60. The third-order valence-corrected chi connectivity index (χ3v) is 4.71. The number of hydrogen-bond donors (Lipinski definition) is 0. The van der Waals surface area contributed by atoms with Crippen molar-refractivity contribution in [1.29, 1.82) is 0 Å². The SMILES string of the molecule is COC(=O)c1ccc(N2CC3(CN(C(=O)OC(C)(C)C)C3)C2)cc1OC. The van der Waals surface area contributed by atoms with Crippen LogP contribution in [0.25, 0.3) is 0 Å². The van der Waals surface area contributed by atoms with Crippen LogP contribution >= 0.6 is 0 Å². The number of carbonyl (C=O) groups is 2. The molecule has 26 heavy (non-hydrogen) atoms. The second kappa shape index (κ2) is 6.37. The lowest BCUT2D eigenvalue weighted by Crippen LogP contribution is -2.73. The molecule has 1 aromatic rings. The van der Waals surface area contributed by atoms with Gasteiger partial charge in [0, 0.05) is 43.3 Å². The summed E-state index contributed by atoms with van der Waals surface area (Å²) in [5.41, 5.74) is 1.08. The lowest BCUT2D eigenvalue weighted by molar-refractivity contribution is -0.0453. The normalized spacial score (nSPS) is 18.0. The van der Waals surface area contributed by atoms with Crippen LogP contribution in [-0.4, -0.2) is 63.0 Å². The number of carbonyl (C=O) groups excluding carboxylic acids is 2. The van der Waals surface area contributed by atoms with E-state index in [9.17, 15) is 9.59 Å². The average Bonchev–Trinajstić information content (AvgIpc) is 2.49. The Labute approximate surface area is 153 Å². The van der Waals surface area contributed by atoms with Crippen LogP contribution in [0.5, 0.6) is 5.75 Å². The van der Waals surface area contributed by atoms with Crippen LogP contribution < -0.4 is 9.64 Å². The number of amides is 1. The van der Waals surface area contributed by atoms with E-state index in [4.69, 9.17) is 14.2 Å². The Balaban J connectivity index is 1.58. The number of nitrogens with zero attached hydrogens (tertiary/aromatic N) is 2. The molecule has 1 aromatic carbocycles. The van der Waals surface area contributed by atoms with Crippen molar-refractivity contribution in [1.82, 2.24) is 4.90 Å². The predicted molar refractivity (Wildman–Crippen MR) is 96.8 cm³/mol. The minimum Gasteiger partial charge on any atom is -0.496 e. The second-order valence-corrected chi connectivity index (χ2v) is 8.07. The molecular formula is C19H26N2O5. The van der Waals surface area contributed by atoms with Gasteiger partial charge in [0.15, 0.2) is 0 Å². The predicted octanol–water partition coefficient (Wildman–Crippen LogP) is 2.54. The molecule has 2 saturated heterocycles. The Morgan fingerprint density at radius 1 is 1.08 bits per heavy atom. The zero-order valence-electron chi connectivity index (χ0n) is 16.0. The topological polar surface area (TPSA) is 68.3 Å². The maximum atomic E-state index is 12.1. The molecule has 0 radical (unpaired) electrons. The summed E-state index contributed by atoms with van der Waals surface area (Å²) < 4.78 is 15.5. The third kappa shape index (κ3) is 3.43. The summed E-state index contributed by atoms with van der Waals surface area (Å²) in [6, 6.07) is 5.47. The molecular weight excluding hydrogens is 336 g/mol. The van der Waals surface area contributed by atoms with Crippen molar-refractivity contribution in [3.8, 4) is 5.75 Å². The highest BCUT2D eigenvalue weighted by Gasteiger charge is 2.54. The fourth-order valence-electron chi connectivity index (χ4n) is 3.52. The molecule has 7 heteroatoms. The highest BCUT2D eigenvalue weighted by molar-refractivity contribution is 5.93. The molecule has 7 nitrogen and oxygen atoms in total. The molecule has 0 atom stereocenters. The van der Waals surface area contributed by atoms with E-state index >= 15 is 0 Å². The highest BCUT2D eigenvalue weighted by atomic mass is 16.6. The summed E-state index contributed by atoms with van der Waals surface area (Å²) in [6.45, 7) is 8.79. The maximum absolute atomic E-state index is 12.1. The quantitative estimate of drug-likeness (QED) is 0.770. The summed E-state index contributed by atoms with van der Waals surface area (Å²) in [6.07, 6.45) is -0.245. The van der Waals surface area contributed by atoms with Gasteiger partial charge in [-0.25, -0.2) is 9.59 Å². The first-order valence-electron chi connectivity index (χ1n) is 8.66. The average molecular weight is 362 g/mol. The molecule has 1 amide bonds. The molecule has 142 valence electrons. The lowest BCUT2D eigenvalue weighted by atomic mass is 9.73. The molecule has 0 bridgehead atoms. The van der Waals surface area contributed by atoms with Crippen LogP contribution in [-0.2, 0) is 9.47 Å². The summed E-state index contributed by atoms with van der Waals surface area (Å²) in [5, 5.41) is 0. The Hall–Kier alpha value is -2.44. The zero-order chi connectivity index (χ0) is 19.1. The molecule has 0 saturated carbocycles. The summed E-state index contributed by atoms with van der Waals surface area (Å²) in [5.74, 6) is 0.0831. The van der Waals surface area contributed by atoms with Gasteiger partial charge in [-0.2, -0.15) is 0 Å². The van der Waals surface area contributed by atoms with Gasteiger partial charge >= 0.3 is 12.1 Å². The standard InChI is InChI=1S/C19H26N2O5/c1-18(2,3)26-17(23)21-11-19(12-21)9-20(10-19)13-6-7-14(16(22)25-5)15(8-13)24-4/h6-8H,9-12H2,1-5H3. The molecule has 2 aliphatic rings. The van der Waals surface area contributed by atoms with Crippen molar-refractivity contribution in [2.75, 3.05) is 45.3 Å². The number of esters is 1. The van der Waals surface area contributed by atoms with Crippen molar-refractivity contribution < 1.29 is 23.8 Å². The largest absolute Gasteiger partial charge is 0.496 e. The van der Waals surface area contributed by atoms with Crippen LogP contribution in [0, 0.1) is 5.41 Å². The number of rotatable bonds is 3. The van der Waals surface area contributed by atoms with E-state index in [1.54, 1.807) is 11.0 Å². The van der Waals surface area contributed by atoms with Crippen molar-refractivity contribution >= 4 is 17.7 Å². The molecule has 1 spiro atoms. The van der Waals surface area contributed by atoms with E-state index in [0.29, 0.717) is 11.3 Å². The Kier molecular flexibility index (Phi) is 4.50. The number of ether oxygens (including phenoxy) is 3. The van der Waals surface area contributed by atoms with Gasteiger partial charge < -0.3 is 24.0 Å². The number of methoxy groups -OCH3 is 2. The molecule has 2 fully saturated rings. The van der Waals surface area contributed by atoms with E-state index < -0.39 is 11.6 Å². The van der Waals surface area contributed by atoms with Gasteiger partial charge in [-0.3, -0.25) is 0 Å². The first-order chi connectivity index (χ1) is 12.2. The van der Waals surface area contributed by atoms with Gasteiger partial charge in [0.1, 0.15) is 16.9 Å². The maximum Gasteiger partial charge on any atom is 0.410 e. The van der Waals surface area contributed by atoms with Crippen LogP contribution in [0.15, 0.2) is 18.2 Å². The first-order valence-corrected chi connectivity index (χ1v) is 8.66. The fourth-order valence-corrected chi connectivity index (χ4v) is 3.52. The minimum absolute atomic E-state index is 0.144. The molecule has 2 aliphatic heterocycles. The number of likely N-dealkylation sites (tertiary alicyclic amines) is 1. The van der Waals surface area contributed by atoms with Gasteiger partial charge in [-0.05, 0) is 32.9 Å². The van der Waals surface area contributed by atoms with Gasteiger partial charge in [-0.1, -0.05) is 0 Å². The Morgan fingerprint density at radius 2 is 1.73 bits per heavy atom. The van der Waals surface area contributed by atoms with E-state index in [1.165, 1.54) is 14.2 Å². The van der Waals surface area contributed by atoms with Gasteiger partial charge in [-0.15, -0.1) is 0 Å². The van der Waals surface area contributed by atoms with Crippen LogP contribution in [0.4, 0.5) is 10.5 Å². The van der Waals surface area contributed by atoms with Crippen LogP contribution in [0.2, 0.25) is 0 Å². The summed E-state index contributed by atoms with van der Waals surface area (Å²) in [7, 11) is 2.88. The Morgan fingerprint density at radius 3 is 2.27 bits per heavy atom. The van der Waals surface area contributed by atoms with Gasteiger partial charge in [0.05, 0.1) is 14.2 Å². The molecule has 0 aromatic heterocycles. The van der Waals surface area contributed by atoms with E-state index in [1.807, 2.05) is 32.9 Å². The molecule has 0 aliphatic carbocycles. The second-order valence-electron chi connectivity index (χ2n) is 8.07. The smallest absolute Gasteiger partial charge is 0.410 e. The van der Waals surface area contributed by atoms with Gasteiger partial charge in [0.25, 0.3) is 0 Å². The van der Waals surface area contributed by atoms with Crippen LogP contribution in [0.1, 0.15) is 31.1 Å². The van der Waals surface area contributed by atoms with Crippen LogP contribution in [0.3, 0.4) is 0 Å². The van der Waals surface area contributed by atoms with Gasteiger partial charge in [0.2, 0.25) is 0 Å². The highest BCUT2D eigenvalue weighted by Crippen LogP contribution is 2.43. The Bertz CT molecular complexity index is 711. The molecule has 3 rings (SSSR count). The van der Waals surface area contributed by atoms with E-state index in [2.05, 4.69) is 4.90 Å². The van der Waals surface area contributed by atoms with E-state index in [-0.39, 0.29) is 11.5 Å². The molecule has 0 N–H and O–H groups in total. The minimum atomic E-state index is -0.469. The van der Waals surface area contributed by atoms with E-state index in [0.717, 1.165) is 31.9 Å². The zero-order valence-corrected chi connectivity index (χ0v) is 16.0. The van der Waals surface area contributed by atoms with Crippen molar-refractivity contribution in [3.05, 3.63) is 23.8 Å². The summed E-state index contributed by atoms with van der Waals surface area (Å²) >= 11 is 0.